The van der Waals surface area contributed by atoms with Gasteiger partial charge < -0.3 is 0 Å². The molecule has 110 valence electrons. The molecule has 3 aliphatic rings. The molecule has 0 amide bonds. The Labute approximate surface area is 125 Å². The third-order valence-electron chi connectivity index (χ3n) is 6.17. The highest BCUT2D eigenvalue weighted by Crippen LogP contribution is 2.59. The van der Waals surface area contributed by atoms with Crippen molar-refractivity contribution < 1.29 is 9.59 Å². The Bertz CT molecular complexity index is 607. The van der Waals surface area contributed by atoms with Crippen LogP contribution in [0.25, 0.3) is 0 Å². The average Bonchev–Trinajstić information content (AvgIpc) is 3.06. The molecule has 0 spiro atoms. The van der Waals surface area contributed by atoms with Crippen molar-refractivity contribution in [3.63, 3.8) is 0 Å². The van der Waals surface area contributed by atoms with Crippen LogP contribution in [0.5, 0.6) is 0 Å². The van der Waals surface area contributed by atoms with Crippen LogP contribution in [-0.2, 0) is 9.59 Å². The fourth-order valence-corrected chi connectivity index (χ4v) is 5.57. The summed E-state index contributed by atoms with van der Waals surface area (Å²) in [5, 5.41) is 0. The summed E-state index contributed by atoms with van der Waals surface area (Å²) < 4.78 is 0. The number of hydrogen-bond acceptors (Lipinski definition) is 2. The first-order valence-corrected chi connectivity index (χ1v) is 8.14. The molecule has 0 saturated heterocycles. The predicted octanol–water partition coefficient (Wildman–Crippen LogP) is 3.51. The van der Waals surface area contributed by atoms with Gasteiger partial charge in [-0.1, -0.05) is 17.7 Å². The molecule has 2 nitrogen and oxygen atoms in total. The summed E-state index contributed by atoms with van der Waals surface area (Å²) in [5.74, 6) is 1.06. The van der Waals surface area contributed by atoms with Crippen LogP contribution in [0.15, 0.2) is 12.1 Å². The summed E-state index contributed by atoms with van der Waals surface area (Å²) in [4.78, 5) is 25.9. The monoisotopic (exact) mass is 282 g/mol. The summed E-state index contributed by atoms with van der Waals surface area (Å²) in [7, 11) is 0. The van der Waals surface area contributed by atoms with E-state index in [9.17, 15) is 9.59 Å². The molecule has 1 aromatic rings. The maximum atomic E-state index is 13.0. The molecule has 21 heavy (non-hydrogen) atoms. The predicted molar refractivity (Wildman–Crippen MR) is 81.2 cm³/mol. The van der Waals surface area contributed by atoms with Gasteiger partial charge in [0.15, 0.2) is 11.6 Å². The van der Waals surface area contributed by atoms with Gasteiger partial charge >= 0.3 is 0 Å². The lowest BCUT2D eigenvalue weighted by molar-refractivity contribution is -0.125. The smallest absolute Gasteiger partial charge is 0.151 e. The Kier molecular flexibility index (Phi) is 2.70. The van der Waals surface area contributed by atoms with Crippen molar-refractivity contribution in [1.82, 2.24) is 0 Å². The highest BCUT2D eigenvalue weighted by atomic mass is 16.2. The highest BCUT2D eigenvalue weighted by molar-refractivity contribution is 6.16. The Morgan fingerprint density at radius 3 is 1.81 bits per heavy atom. The molecule has 0 radical (unpaired) electrons. The van der Waals surface area contributed by atoms with E-state index in [1.807, 2.05) is 13.8 Å². The molecule has 3 saturated carbocycles. The van der Waals surface area contributed by atoms with Crippen LogP contribution in [0.3, 0.4) is 0 Å². The lowest BCUT2D eigenvalue weighted by Crippen LogP contribution is -2.24. The number of fused-ring (bicyclic) bond motifs is 5. The number of carbonyl (C=O) groups excluding carboxylic acids is 2. The van der Waals surface area contributed by atoms with Crippen molar-refractivity contribution in [2.75, 3.05) is 0 Å². The number of ketones is 2. The van der Waals surface area contributed by atoms with Crippen molar-refractivity contribution in [3.8, 4) is 0 Å². The van der Waals surface area contributed by atoms with E-state index in [2.05, 4.69) is 19.1 Å². The van der Waals surface area contributed by atoms with E-state index in [1.165, 1.54) is 5.56 Å². The third kappa shape index (κ3) is 1.65. The second-order valence-electron chi connectivity index (χ2n) is 7.43. The van der Waals surface area contributed by atoms with E-state index in [0.717, 1.165) is 36.0 Å². The zero-order valence-electron chi connectivity index (χ0n) is 13.0. The molecular weight excluding hydrogens is 260 g/mol. The van der Waals surface area contributed by atoms with Crippen LogP contribution in [-0.4, -0.2) is 11.6 Å². The van der Waals surface area contributed by atoms with Gasteiger partial charge in [-0.3, -0.25) is 9.59 Å². The van der Waals surface area contributed by atoms with Crippen molar-refractivity contribution >= 4 is 11.6 Å². The summed E-state index contributed by atoms with van der Waals surface area (Å²) >= 11 is 0. The minimum atomic E-state index is -0.469. The van der Waals surface area contributed by atoms with E-state index in [4.69, 9.17) is 0 Å². The lowest BCUT2D eigenvalue weighted by atomic mass is 9.81. The molecule has 4 unspecified atom stereocenters. The molecule has 5 atom stereocenters. The number of Topliss-reactive ketones (excluding diaryl/α,β-unsaturated/α-hetero) is 2. The van der Waals surface area contributed by atoms with Gasteiger partial charge in [0.25, 0.3) is 0 Å². The Hall–Kier alpha value is -1.44. The number of carbonyl (C=O) groups is 2. The molecule has 0 N–H and O–H groups in total. The minimum absolute atomic E-state index is 0.0429. The fraction of sp³-hybridized carbons (Fsp3) is 0.579. The van der Waals surface area contributed by atoms with E-state index < -0.39 is 5.92 Å². The molecule has 2 heteroatoms. The third-order valence-corrected chi connectivity index (χ3v) is 6.17. The van der Waals surface area contributed by atoms with Crippen LogP contribution in [0, 0.1) is 44.4 Å². The molecule has 3 fully saturated rings. The largest absolute Gasteiger partial charge is 0.298 e. The Balaban J connectivity index is 1.81. The average molecular weight is 282 g/mol. The summed E-state index contributed by atoms with van der Waals surface area (Å²) in [6.07, 6.45) is 3.43. The molecule has 2 bridgehead atoms. The van der Waals surface area contributed by atoms with Crippen LogP contribution < -0.4 is 0 Å². The van der Waals surface area contributed by atoms with Gasteiger partial charge in [-0.2, -0.15) is 0 Å². The van der Waals surface area contributed by atoms with Gasteiger partial charge in [0, 0.05) is 11.8 Å². The van der Waals surface area contributed by atoms with Crippen LogP contribution in [0.4, 0.5) is 0 Å². The van der Waals surface area contributed by atoms with Gasteiger partial charge in [-0.25, -0.2) is 0 Å². The number of hydrogen-bond donors (Lipinski definition) is 0. The topological polar surface area (TPSA) is 34.1 Å². The second-order valence-corrected chi connectivity index (χ2v) is 7.43. The van der Waals surface area contributed by atoms with Crippen molar-refractivity contribution in [2.24, 2.45) is 23.7 Å². The summed E-state index contributed by atoms with van der Waals surface area (Å²) in [6, 6.07) is 4.21. The highest BCUT2D eigenvalue weighted by Gasteiger charge is 2.61. The van der Waals surface area contributed by atoms with E-state index in [0.29, 0.717) is 11.8 Å². The standard InChI is InChI=1S/C19H22O2/c1-9-6-10(2)14(11(3)7-9)17-18(20)15-12-4-5-13(8-12)16(15)19(17)21/h6-7,12-13,15-17H,4-5,8H2,1-3H3/t12-,13?,15?,16?,17?/m1/s1. The maximum absolute atomic E-state index is 13.0. The van der Waals surface area contributed by atoms with Crippen LogP contribution >= 0.6 is 0 Å². The van der Waals surface area contributed by atoms with Crippen molar-refractivity contribution in [1.29, 1.82) is 0 Å². The number of benzene rings is 1. The van der Waals surface area contributed by atoms with Gasteiger partial charge in [0.1, 0.15) is 5.92 Å². The van der Waals surface area contributed by atoms with Gasteiger partial charge in [-0.15, -0.1) is 0 Å². The minimum Gasteiger partial charge on any atom is -0.298 e. The van der Waals surface area contributed by atoms with Crippen molar-refractivity contribution in [2.45, 2.75) is 46.0 Å². The van der Waals surface area contributed by atoms with E-state index in [-0.39, 0.29) is 23.4 Å². The Morgan fingerprint density at radius 1 is 0.857 bits per heavy atom. The number of aryl methyl sites for hydroxylation is 3. The quantitative estimate of drug-likeness (QED) is 0.739. The first kappa shape index (κ1) is 13.2. The van der Waals surface area contributed by atoms with Crippen molar-refractivity contribution in [3.05, 3.63) is 34.4 Å². The molecule has 1 aromatic carbocycles. The second kappa shape index (κ2) is 4.28. The molecule has 3 aliphatic carbocycles. The molecule has 0 heterocycles. The molecular formula is C19H22O2. The number of rotatable bonds is 1. The first-order valence-electron chi connectivity index (χ1n) is 8.14. The normalized spacial score (nSPS) is 37.4. The SMILES string of the molecule is Cc1cc(C)c(C2C(=O)C3C4CC[C@H](C4)C3C2=O)c(C)c1. The Morgan fingerprint density at radius 2 is 1.33 bits per heavy atom. The summed E-state index contributed by atoms with van der Waals surface area (Å²) in [6.45, 7) is 6.15. The molecule has 0 aliphatic heterocycles. The molecule has 0 aromatic heterocycles. The van der Waals surface area contributed by atoms with Crippen LogP contribution in [0.2, 0.25) is 0 Å². The lowest BCUT2D eigenvalue weighted by Gasteiger charge is -2.21. The van der Waals surface area contributed by atoms with E-state index in [1.54, 1.807) is 0 Å². The van der Waals surface area contributed by atoms with Gasteiger partial charge in [0.05, 0.1) is 0 Å². The van der Waals surface area contributed by atoms with E-state index >= 15 is 0 Å². The first-order chi connectivity index (χ1) is 9.99. The molecule has 4 rings (SSSR count). The zero-order valence-corrected chi connectivity index (χ0v) is 13.0. The van der Waals surface area contributed by atoms with Gasteiger partial charge in [-0.05, 0) is 68.6 Å². The van der Waals surface area contributed by atoms with Crippen LogP contribution in [0.1, 0.15) is 47.4 Å². The zero-order chi connectivity index (χ0) is 14.9. The van der Waals surface area contributed by atoms with Gasteiger partial charge in [0.2, 0.25) is 0 Å². The maximum Gasteiger partial charge on any atom is 0.151 e. The fourth-order valence-electron chi connectivity index (χ4n) is 5.57. The summed E-state index contributed by atoms with van der Waals surface area (Å²) in [5.41, 5.74) is 4.41.